The number of halogens is 6. The Morgan fingerprint density at radius 3 is 2.55 bits per heavy atom. The molecule has 0 N–H and O–H groups in total. The lowest BCUT2D eigenvalue weighted by Crippen LogP contribution is -2.43. The van der Waals surface area contributed by atoms with Gasteiger partial charge in [0.2, 0.25) is 0 Å². The van der Waals surface area contributed by atoms with Crippen molar-refractivity contribution < 1.29 is 40.6 Å². The van der Waals surface area contributed by atoms with E-state index in [1.807, 2.05) is 0 Å². The van der Waals surface area contributed by atoms with Gasteiger partial charge in [-0.2, -0.15) is 13.2 Å². The number of carbonyl (C=O) groups excluding carboxylic acids is 1. The third kappa shape index (κ3) is 6.88. The molecule has 0 spiro atoms. The van der Waals surface area contributed by atoms with E-state index in [0.717, 1.165) is 29.2 Å². The molecule has 3 rings (SSSR count). The molecular weight excluding hydrogens is 432 g/mol. The predicted octanol–water partition coefficient (Wildman–Crippen LogP) is 4.17. The van der Waals surface area contributed by atoms with Gasteiger partial charge < -0.3 is 18.9 Å². The van der Waals surface area contributed by atoms with Crippen LogP contribution in [-0.4, -0.2) is 52.2 Å². The van der Waals surface area contributed by atoms with Gasteiger partial charge in [-0.15, -0.1) is 13.2 Å². The first-order valence-corrected chi connectivity index (χ1v) is 9.32. The Hall–Kier alpha value is -2.76. The molecule has 0 radical (unpaired) electrons. The minimum absolute atomic E-state index is 0.0648. The number of hydrogen-bond acceptors (Lipinski definition) is 4. The highest BCUT2D eigenvalue weighted by Gasteiger charge is 2.32. The van der Waals surface area contributed by atoms with Crippen molar-refractivity contribution in [3.8, 4) is 5.75 Å². The van der Waals surface area contributed by atoms with E-state index in [2.05, 4.69) is 9.72 Å². The topological polar surface area (TPSA) is 56.6 Å². The van der Waals surface area contributed by atoms with Crippen LogP contribution in [0.25, 0.3) is 0 Å². The molecule has 2 aromatic rings. The van der Waals surface area contributed by atoms with E-state index >= 15 is 0 Å². The summed E-state index contributed by atoms with van der Waals surface area (Å²) in [6.45, 7) is -0.589. The number of ether oxygens (including phenoxy) is 2. The first-order valence-electron chi connectivity index (χ1n) is 9.32. The Morgan fingerprint density at radius 2 is 1.90 bits per heavy atom. The van der Waals surface area contributed by atoms with E-state index in [1.165, 1.54) is 17.0 Å². The van der Waals surface area contributed by atoms with Gasteiger partial charge in [0.15, 0.2) is 0 Å². The van der Waals surface area contributed by atoms with Crippen molar-refractivity contribution in [1.29, 1.82) is 0 Å². The summed E-state index contributed by atoms with van der Waals surface area (Å²) in [4.78, 5) is 18.2. The molecule has 0 atom stereocenters. The Morgan fingerprint density at radius 1 is 1.19 bits per heavy atom. The monoisotopic (exact) mass is 451 g/mol. The molecular formula is C19H19F6N3O3. The van der Waals surface area contributed by atoms with Crippen LogP contribution in [0, 0.1) is 0 Å². The fraction of sp³-hybridized carbons (Fsp3) is 0.474. The van der Waals surface area contributed by atoms with Crippen LogP contribution in [0.1, 0.15) is 28.9 Å². The van der Waals surface area contributed by atoms with E-state index in [0.29, 0.717) is 31.6 Å². The molecule has 1 aliphatic heterocycles. The average Bonchev–Trinajstić information content (AvgIpc) is 3.12. The number of hydrogen-bond donors (Lipinski definition) is 0. The van der Waals surface area contributed by atoms with Gasteiger partial charge in [-0.25, -0.2) is 4.98 Å². The molecule has 170 valence electrons. The average molecular weight is 451 g/mol. The molecule has 1 aliphatic rings. The van der Waals surface area contributed by atoms with Crippen molar-refractivity contribution >= 4 is 5.91 Å². The minimum atomic E-state index is -4.86. The lowest BCUT2D eigenvalue weighted by molar-refractivity contribution is -0.274. The van der Waals surface area contributed by atoms with Crippen molar-refractivity contribution in [2.24, 2.45) is 0 Å². The Labute approximate surface area is 173 Å². The molecule has 2 heterocycles. The van der Waals surface area contributed by atoms with Gasteiger partial charge in [-0.1, -0.05) is 12.1 Å². The Bertz CT molecular complexity index is 890. The molecule has 1 aromatic heterocycles. The van der Waals surface area contributed by atoms with Gasteiger partial charge >= 0.3 is 12.5 Å². The minimum Gasteiger partial charge on any atom is -0.406 e. The molecule has 12 heteroatoms. The van der Waals surface area contributed by atoms with Crippen molar-refractivity contribution in [2.75, 3.05) is 13.2 Å². The maximum atomic E-state index is 13.1. The van der Waals surface area contributed by atoms with Crippen LogP contribution in [0.15, 0.2) is 36.8 Å². The molecule has 31 heavy (non-hydrogen) atoms. The van der Waals surface area contributed by atoms with Crippen molar-refractivity contribution in [3.63, 3.8) is 0 Å². The summed E-state index contributed by atoms with van der Waals surface area (Å²) in [5.41, 5.74) is 0.190. The normalized spacial score (nSPS) is 15.7. The first kappa shape index (κ1) is 22.9. The summed E-state index contributed by atoms with van der Waals surface area (Å²) >= 11 is 0. The molecule has 0 saturated carbocycles. The SMILES string of the molecule is O=C(c1cn(CC(F)(F)F)cn1)N(Cc1cccc(OC(F)(F)F)c1)C1CCOCC1. The second-order valence-electron chi connectivity index (χ2n) is 7.02. The number of rotatable bonds is 6. The smallest absolute Gasteiger partial charge is 0.406 e. The molecule has 0 unspecified atom stereocenters. The summed E-state index contributed by atoms with van der Waals surface area (Å²) in [5, 5.41) is 0. The summed E-state index contributed by atoms with van der Waals surface area (Å²) < 4.78 is 85.3. The first-order chi connectivity index (χ1) is 14.5. The zero-order chi connectivity index (χ0) is 22.6. The third-order valence-corrected chi connectivity index (χ3v) is 4.59. The number of aromatic nitrogens is 2. The van der Waals surface area contributed by atoms with E-state index in [9.17, 15) is 31.1 Å². The van der Waals surface area contributed by atoms with Crippen LogP contribution >= 0.6 is 0 Å². The van der Waals surface area contributed by atoms with Gasteiger partial charge in [0.05, 0.1) is 6.33 Å². The molecule has 6 nitrogen and oxygen atoms in total. The zero-order valence-electron chi connectivity index (χ0n) is 16.1. The van der Waals surface area contributed by atoms with Crippen LogP contribution in [-0.2, 0) is 17.8 Å². The predicted molar refractivity (Wildman–Crippen MR) is 95.1 cm³/mol. The standard InChI is InChI=1S/C19H19F6N3O3/c20-18(21,22)11-27-10-16(26-12-27)17(29)28(14-4-6-30-7-5-14)9-13-2-1-3-15(8-13)31-19(23,24)25/h1-3,8,10,12,14H,4-7,9,11H2. The summed E-state index contributed by atoms with van der Waals surface area (Å²) in [5.74, 6) is -1.05. The zero-order valence-corrected chi connectivity index (χ0v) is 16.1. The van der Waals surface area contributed by atoms with Crippen LogP contribution in [0.4, 0.5) is 26.3 Å². The Kier molecular flexibility index (Phi) is 6.77. The quantitative estimate of drug-likeness (QED) is 0.619. The highest BCUT2D eigenvalue weighted by atomic mass is 19.4. The van der Waals surface area contributed by atoms with Crippen LogP contribution in [0.3, 0.4) is 0 Å². The van der Waals surface area contributed by atoms with Crippen LogP contribution < -0.4 is 4.74 Å². The number of alkyl halides is 6. The summed E-state index contributed by atoms with van der Waals surface area (Å²) in [6, 6.07) is 4.89. The number of benzene rings is 1. The second-order valence-corrected chi connectivity index (χ2v) is 7.02. The van der Waals surface area contributed by atoms with E-state index in [-0.39, 0.29) is 18.3 Å². The van der Waals surface area contributed by atoms with Crippen molar-refractivity contribution in [3.05, 3.63) is 48.0 Å². The molecule has 1 amide bonds. The van der Waals surface area contributed by atoms with E-state index in [1.54, 1.807) is 0 Å². The lowest BCUT2D eigenvalue weighted by atomic mass is 10.0. The third-order valence-electron chi connectivity index (χ3n) is 4.59. The lowest BCUT2D eigenvalue weighted by Gasteiger charge is -2.34. The molecule has 1 aromatic carbocycles. The van der Waals surface area contributed by atoms with Gasteiger partial charge in [0, 0.05) is 32.0 Å². The largest absolute Gasteiger partial charge is 0.573 e. The van der Waals surface area contributed by atoms with Crippen molar-refractivity contribution in [1.82, 2.24) is 14.5 Å². The number of imidazole rings is 1. The molecule has 0 aliphatic carbocycles. The van der Waals surface area contributed by atoms with E-state index < -0.39 is 30.7 Å². The van der Waals surface area contributed by atoms with Crippen molar-refractivity contribution in [2.45, 2.75) is 44.5 Å². The second kappa shape index (κ2) is 9.16. The van der Waals surface area contributed by atoms with Crippen LogP contribution in [0.5, 0.6) is 5.75 Å². The fourth-order valence-electron chi connectivity index (χ4n) is 3.31. The highest BCUT2D eigenvalue weighted by molar-refractivity contribution is 5.92. The fourth-order valence-corrected chi connectivity index (χ4v) is 3.31. The summed E-state index contributed by atoms with van der Waals surface area (Å²) in [7, 11) is 0. The molecule has 1 saturated heterocycles. The highest BCUT2D eigenvalue weighted by Crippen LogP contribution is 2.26. The number of carbonyl (C=O) groups is 1. The van der Waals surface area contributed by atoms with Gasteiger partial charge in [0.25, 0.3) is 5.91 Å². The number of amides is 1. The maximum Gasteiger partial charge on any atom is 0.573 e. The van der Waals surface area contributed by atoms with E-state index in [4.69, 9.17) is 4.74 Å². The maximum absolute atomic E-state index is 13.1. The number of nitrogens with zero attached hydrogens (tertiary/aromatic N) is 3. The summed E-state index contributed by atoms with van der Waals surface area (Å²) in [6.07, 6.45) is -6.45. The van der Waals surface area contributed by atoms with Crippen LogP contribution in [0.2, 0.25) is 0 Å². The molecule has 0 bridgehead atoms. The molecule has 1 fully saturated rings. The van der Waals surface area contributed by atoms with Gasteiger partial charge in [0.1, 0.15) is 18.0 Å². The van der Waals surface area contributed by atoms with Gasteiger partial charge in [-0.3, -0.25) is 4.79 Å². The Balaban J connectivity index is 1.82. The van der Waals surface area contributed by atoms with Gasteiger partial charge in [-0.05, 0) is 30.5 Å².